The molecule has 194 valence electrons. The van der Waals surface area contributed by atoms with Crippen LogP contribution in [0.1, 0.15) is 47.3 Å². The minimum atomic E-state index is -2.84. The quantitative estimate of drug-likeness (QED) is 0.235. The fraction of sp³-hybridized carbons (Fsp3) is 0.241. The normalized spacial score (nSPS) is 27.7. The molecule has 0 saturated heterocycles. The number of primary amides is 1. The van der Waals surface area contributed by atoms with Gasteiger partial charge in [0.2, 0.25) is 11.6 Å². The van der Waals surface area contributed by atoms with Crippen LogP contribution in [0.3, 0.4) is 0 Å². The van der Waals surface area contributed by atoms with E-state index in [4.69, 9.17) is 5.73 Å². The summed E-state index contributed by atoms with van der Waals surface area (Å²) in [5.74, 6) is -7.27. The molecule has 2 aromatic carbocycles. The van der Waals surface area contributed by atoms with E-state index in [1.807, 2.05) is 0 Å². The van der Waals surface area contributed by atoms with Gasteiger partial charge in [0.15, 0.2) is 11.4 Å². The standard InChI is InChI=1S/C29H25NO8/c1-12-9-18-24(33)22-17(11-14-5-3-6-15(10-14)13(2)31)16-7-4-8-19(32)21(16)25(34)23(22)27(36)29(18,38)26(35)20(12)28(30)37/h3-8,10-11,18,22,24,32-34,38H,9H2,1-2H3,(H2,30,37)/b17-11+. The third-order valence-electron chi connectivity index (χ3n) is 7.76. The number of aliphatic hydroxyl groups is 3. The maximum atomic E-state index is 13.9. The van der Waals surface area contributed by atoms with Gasteiger partial charge in [0.25, 0.3) is 5.91 Å². The Labute approximate surface area is 217 Å². The highest BCUT2D eigenvalue weighted by Crippen LogP contribution is 2.55. The number of phenols is 1. The van der Waals surface area contributed by atoms with Crippen LogP contribution in [0, 0.1) is 11.8 Å². The van der Waals surface area contributed by atoms with Gasteiger partial charge in [-0.3, -0.25) is 19.2 Å². The first-order chi connectivity index (χ1) is 17.9. The maximum absolute atomic E-state index is 13.9. The zero-order chi connectivity index (χ0) is 27.7. The lowest BCUT2D eigenvalue weighted by Gasteiger charge is -2.49. The third-order valence-corrected chi connectivity index (χ3v) is 7.76. The largest absolute Gasteiger partial charge is 0.507 e. The number of benzene rings is 2. The summed E-state index contributed by atoms with van der Waals surface area (Å²) >= 11 is 0. The zero-order valence-corrected chi connectivity index (χ0v) is 20.6. The average Bonchev–Trinajstić information content (AvgIpc) is 2.86. The Hall–Kier alpha value is -4.34. The topological polar surface area (TPSA) is 175 Å². The van der Waals surface area contributed by atoms with E-state index < -0.39 is 57.9 Å². The number of nitrogens with two attached hydrogens (primary N) is 1. The Kier molecular flexibility index (Phi) is 5.74. The van der Waals surface area contributed by atoms with Crippen molar-refractivity contribution in [2.24, 2.45) is 17.6 Å². The number of fused-ring (bicyclic) bond motifs is 3. The molecule has 0 radical (unpaired) electrons. The van der Waals surface area contributed by atoms with E-state index >= 15 is 0 Å². The molecular weight excluding hydrogens is 490 g/mol. The van der Waals surface area contributed by atoms with Crippen molar-refractivity contribution in [3.05, 3.63) is 81.4 Å². The number of ketones is 3. The summed E-state index contributed by atoms with van der Waals surface area (Å²) < 4.78 is 0. The highest BCUT2D eigenvalue weighted by molar-refractivity contribution is 6.33. The first kappa shape index (κ1) is 25.3. The van der Waals surface area contributed by atoms with E-state index in [9.17, 15) is 39.6 Å². The molecule has 38 heavy (non-hydrogen) atoms. The average molecular weight is 516 g/mol. The molecule has 3 aliphatic rings. The van der Waals surface area contributed by atoms with Crippen molar-refractivity contribution < 1.29 is 39.6 Å². The molecule has 9 nitrogen and oxygen atoms in total. The number of amides is 1. The van der Waals surface area contributed by atoms with Crippen LogP contribution >= 0.6 is 0 Å². The highest BCUT2D eigenvalue weighted by Gasteiger charge is 2.65. The summed E-state index contributed by atoms with van der Waals surface area (Å²) in [5, 5.41) is 45.0. The second kappa shape index (κ2) is 8.61. The van der Waals surface area contributed by atoms with Gasteiger partial charge in [0.1, 0.15) is 11.5 Å². The molecule has 0 spiro atoms. The number of hydrogen-bond acceptors (Lipinski definition) is 8. The van der Waals surface area contributed by atoms with Gasteiger partial charge in [0.05, 0.1) is 22.8 Å². The monoisotopic (exact) mass is 515 g/mol. The van der Waals surface area contributed by atoms with Crippen molar-refractivity contribution in [2.75, 3.05) is 0 Å². The number of phenolic OH excluding ortho intramolecular Hbond substituents is 1. The van der Waals surface area contributed by atoms with Crippen molar-refractivity contribution in [1.29, 1.82) is 0 Å². The third kappa shape index (κ3) is 3.39. The van der Waals surface area contributed by atoms with Crippen LogP contribution in [0.15, 0.2) is 59.2 Å². The molecule has 0 bridgehead atoms. The van der Waals surface area contributed by atoms with Crippen LogP contribution in [0.25, 0.3) is 17.4 Å². The molecule has 5 rings (SSSR count). The number of rotatable bonds is 3. The number of carbonyl (C=O) groups is 4. The Morgan fingerprint density at radius 3 is 2.42 bits per heavy atom. The van der Waals surface area contributed by atoms with Gasteiger partial charge in [-0.1, -0.05) is 42.0 Å². The van der Waals surface area contributed by atoms with Crippen molar-refractivity contribution in [2.45, 2.75) is 32.0 Å². The van der Waals surface area contributed by atoms with Crippen LogP contribution in [-0.4, -0.2) is 55.4 Å². The second-order valence-corrected chi connectivity index (χ2v) is 9.97. The van der Waals surface area contributed by atoms with Crippen LogP contribution < -0.4 is 5.73 Å². The van der Waals surface area contributed by atoms with Gasteiger partial charge in [-0.2, -0.15) is 0 Å². The van der Waals surface area contributed by atoms with Gasteiger partial charge in [-0.15, -0.1) is 0 Å². The van der Waals surface area contributed by atoms with E-state index in [0.717, 1.165) is 0 Å². The molecule has 3 aliphatic carbocycles. The van der Waals surface area contributed by atoms with E-state index in [2.05, 4.69) is 0 Å². The summed E-state index contributed by atoms with van der Waals surface area (Å²) in [6, 6.07) is 11.1. The van der Waals surface area contributed by atoms with Gasteiger partial charge in [0, 0.05) is 17.4 Å². The first-order valence-electron chi connectivity index (χ1n) is 12.0. The Morgan fingerprint density at radius 2 is 1.76 bits per heavy atom. The minimum Gasteiger partial charge on any atom is -0.507 e. The number of allylic oxidation sites excluding steroid dienone is 1. The molecular formula is C29H25NO8. The molecule has 4 atom stereocenters. The van der Waals surface area contributed by atoms with Crippen molar-refractivity contribution >= 4 is 40.7 Å². The summed E-state index contributed by atoms with van der Waals surface area (Å²) in [7, 11) is 0. The molecule has 4 unspecified atom stereocenters. The van der Waals surface area contributed by atoms with Crippen molar-refractivity contribution in [1.82, 2.24) is 0 Å². The number of Topliss-reactive ketones (excluding diaryl/α,β-unsaturated/α-hetero) is 3. The number of hydrogen-bond donors (Lipinski definition) is 5. The second-order valence-electron chi connectivity index (χ2n) is 9.97. The van der Waals surface area contributed by atoms with Gasteiger partial charge in [-0.05, 0) is 49.1 Å². The summed E-state index contributed by atoms with van der Waals surface area (Å²) in [4.78, 5) is 51.2. The molecule has 0 aliphatic heterocycles. The molecule has 9 heteroatoms. The SMILES string of the molecule is CC(=O)c1cccc(/C=C2\c3cccc(O)c3C(O)=C3C(=O)C4(O)C(=O)C(C(N)=O)=C(C)CC4C(O)C32)c1. The van der Waals surface area contributed by atoms with Gasteiger partial charge >= 0.3 is 0 Å². The smallest absolute Gasteiger partial charge is 0.252 e. The lowest BCUT2D eigenvalue weighted by Crippen LogP contribution is -2.65. The van der Waals surface area contributed by atoms with Gasteiger partial charge in [-0.25, -0.2) is 0 Å². The Balaban J connectivity index is 1.79. The van der Waals surface area contributed by atoms with Crippen LogP contribution in [0.5, 0.6) is 5.75 Å². The number of aliphatic hydroxyl groups excluding tert-OH is 2. The van der Waals surface area contributed by atoms with Crippen molar-refractivity contribution in [3.8, 4) is 5.75 Å². The number of aromatic hydroxyl groups is 1. The molecule has 1 saturated carbocycles. The molecule has 0 heterocycles. The van der Waals surface area contributed by atoms with Gasteiger partial charge < -0.3 is 26.2 Å². The van der Waals surface area contributed by atoms with E-state index in [-0.39, 0.29) is 29.1 Å². The minimum absolute atomic E-state index is 0.111. The van der Waals surface area contributed by atoms with Crippen LogP contribution in [0.4, 0.5) is 0 Å². The van der Waals surface area contributed by atoms with Crippen LogP contribution in [0.2, 0.25) is 0 Å². The summed E-state index contributed by atoms with van der Waals surface area (Å²) in [6.45, 7) is 2.88. The molecule has 6 N–H and O–H groups in total. The lowest BCUT2D eigenvalue weighted by atomic mass is 9.55. The van der Waals surface area contributed by atoms with E-state index in [0.29, 0.717) is 22.3 Å². The van der Waals surface area contributed by atoms with E-state index in [1.165, 1.54) is 26.0 Å². The van der Waals surface area contributed by atoms with Crippen molar-refractivity contribution in [3.63, 3.8) is 0 Å². The Bertz CT molecular complexity index is 1560. The fourth-order valence-electron chi connectivity index (χ4n) is 5.96. The lowest BCUT2D eigenvalue weighted by molar-refractivity contribution is -0.165. The maximum Gasteiger partial charge on any atom is 0.252 e. The summed E-state index contributed by atoms with van der Waals surface area (Å²) in [5.41, 5.74) is 3.30. The van der Waals surface area contributed by atoms with Crippen LogP contribution in [-0.2, 0) is 14.4 Å². The van der Waals surface area contributed by atoms with E-state index in [1.54, 1.807) is 36.4 Å². The zero-order valence-electron chi connectivity index (χ0n) is 20.6. The predicted octanol–water partition coefficient (Wildman–Crippen LogP) is 2.10. The summed E-state index contributed by atoms with van der Waals surface area (Å²) in [6.07, 6.45) is -0.0936. The first-order valence-corrected chi connectivity index (χ1v) is 12.0. The molecule has 2 aromatic rings. The predicted molar refractivity (Wildman–Crippen MR) is 136 cm³/mol. The molecule has 0 aromatic heterocycles. The fourth-order valence-corrected chi connectivity index (χ4v) is 5.96. The highest BCUT2D eigenvalue weighted by atomic mass is 16.3. The number of carbonyl (C=O) groups excluding carboxylic acids is 4. The molecule has 1 amide bonds. The Morgan fingerprint density at radius 1 is 1.08 bits per heavy atom. The molecule has 1 fully saturated rings.